The number of aromatic nitrogens is 3. The minimum Gasteiger partial charge on any atom is -0.449 e. The third-order valence-electron chi connectivity index (χ3n) is 6.91. The van der Waals surface area contributed by atoms with Gasteiger partial charge >= 0.3 is 6.09 Å². The molecule has 4 rings (SSSR count). The summed E-state index contributed by atoms with van der Waals surface area (Å²) in [5, 5.41) is 2.89. The number of nitrogens with one attached hydrogen (secondary N) is 2. The van der Waals surface area contributed by atoms with Crippen LogP contribution < -0.4 is 10.0 Å². The highest BCUT2D eigenvalue weighted by Gasteiger charge is 2.22. The predicted octanol–water partition coefficient (Wildman–Crippen LogP) is 6.44. The largest absolute Gasteiger partial charge is 0.449 e. The van der Waals surface area contributed by atoms with Gasteiger partial charge in [0.2, 0.25) is 5.91 Å². The zero-order valence-electron chi connectivity index (χ0n) is 24.9. The SMILES string of the molecule is CCCCOC(=O)NS(=O)(=O)c1ccccc1-c1ccc(Cn2c(CCCC)nc3cc(NC(=O)CCC)cnc32)cc1. The number of hydrogen-bond donors (Lipinski definition) is 2. The van der Waals surface area contributed by atoms with Crippen LogP contribution in [0.2, 0.25) is 0 Å². The van der Waals surface area contributed by atoms with E-state index in [1.54, 1.807) is 24.4 Å². The first kappa shape index (κ1) is 31.7. The van der Waals surface area contributed by atoms with Gasteiger partial charge in [-0.2, -0.15) is 0 Å². The molecule has 2 aromatic carbocycles. The molecule has 228 valence electrons. The number of pyridine rings is 1. The van der Waals surface area contributed by atoms with Gasteiger partial charge in [-0.15, -0.1) is 0 Å². The number of nitrogens with zero attached hydrogens (tertiary/aromatic N) is 3. The molecule has 43 heavy (non-hydrogen) atoms. The van der Waals surface area contributed by atoms with Crippen LogP contribution in [-0.2, 0) is 32.5 Å². The van der Waals surface area contributed by atoms with Gasteiger partial charge < -0.3 is 14.6 Å². The monoisotopic (exact) mass is 605 g/mol. The number of aryl methyl sites for hydroxylation is 1. The minimum absolute atomic E-state index is 0.0105. The van der Waals surface area contributed by atoms with E-state index < -0.39 is 16.1 Å². The average molecular weight is 606 g/mol. The zero-order valence-corrected chi connectivity index (χ0v) is 25.7. The van der Waals surface area contributed by atoms with Gasteiger partial charge in [-0.1, -0.05) is 76.1 Å². The van der Waals surface area contributed by atoms with Crippen LogP contribution in [0.4, 0.5) is 10.5 Å². The van der Waals surface area contributed by atoms with Gasteiger partial charge in [-0.25, -0.2) is 27.9 Å². The molecule has 0 saturated carbocycles. The number of sulfonamides is 1. The molecule has 4 aromatic rings. The Bertz CT molecular complexity index is 1670. The van der Waals surface area contributed by atoms with Gasteiger partial charge in [0.05, 0.1) is 29.9 Å². The molecule has 0 fully saturated rings. The lowest BCUT2D eigenvalue weighted by molar-refractivity contribution is -0.116. The van der Waals surface area contributed by atoms with Gasteiger partial charge in [-0.3, -0.25) is 4.79 Å². The molecule has 0 saturated heterocycles. The lowest BCUT2D eigenvalue weighted by Gasteiger charge is -2.13. The second-order valence-corrected chi connectivity index (χ2v) is 12.0. The number of ether oxygens (including phenoxy) is 1. The summed E-state index contributed by atoms with van der Waals surface area (Å²) < 4.78 is 35.2. The lowest BCUT2D eigenvalue weighted by Crippen LogP contribution is -2.31. The van der Waals surface area contributed by atoms with Crippen LogP contribution in [0, 0.1) is 0 Å². The first-order valence-electron chi connectivity index (χ1n) is 14.8. The first-order chi connectivity index (χ1) is 20.7. The van der Waals surface area contributed by atoms with E-state index in [9.17, 15) is 18.0 Å². The Balaban J connectivity index is 1.58. The smallest absolute Gasteiger partial charge is 0.421 e. The molecule has 2 N–H and O–H groups in total. The fourth-order valence-corrected chi connectivity index (χ4v) is 5.81. The van der Waals surface area contributed by atoms with E-state index >= 15 is 0 Å². The van der Waals surface area contributed by atoms with Crippen molar-refractivity contribution in [1.29, 1.82) is 0 Å². The summed E-state index contributed by atoms with van der Waals surface area (Å²) in [6.07, 6.45) is 6.16. The standard InChI is InChI=1S/C32H39N5O5S/c1-4-7-14-29-35-27-20-25(34-30(38)11-6-3)21-33-31(27)37(29)22-23-15-17-24(18-16-23)26-12-9-10-13-28(26)43(40,41)36-32(39)42-19-8-5-2/h9-10,12-13,15-18,20-21H,4-8,11,14,19,22H2,1-3H3,(H,34,38)(H,36,39). The van der Waals surface area contributed by atoms with Crippen molar-refractivity contribution in [2.75, 3.05) is 11.9 Å². The molecule has 2 amide bonds. The van der Waals surface area contributed by atoms with Gasteiger partial charge in [0, 0.05) is 18.4 Å². The Morgan fingerprint density at radius 2 is 1.70 bits per heavy atom. The maximum absolute atomic E-state index is 13.1. The zero-order chi connectivity index (χ0) is 30.8. The molecule has 10 nitrogen and oxygen atoms in total. The fourth-order valence-electron chi connectivity index (χ4n) is 4.68. The van der Waals surface area contributed by atoms with Crippen molar-refractivity contribution >= 4 is 38.9 Å². The van der Waals surface area contributed by atoms with Gasteiger partial charge in [-0.05, 0) is 42.5 Å². The van der Waals surface area contributed by atoms with Crippen molar-refractivity contribution in [3.05, 3.63) is 72.2 Å². The number of carbonyl (C=O) groups is 2. The lowest BCUT2D eigenvalue weighted by atomic mass is 10.0. The molecule has 0 aliphatic carbocycles. The Hall–Kier alpha value is -4.25. The Morgan fingerprint density at radius 1 is 0.953 bits per heavy atom. The van der Waals surface area contributed by atoms with Gasteiger partial charge in [0.15, 0.2) is 5.65 Å². The molecule has 0 radical (unpaired) electrons. The number of imidazole rings is 1. The highest BCUT2D eigenvalue weighted by atomic mass is 32.2. The van der Waals surface area contributed by atoms with Crippen LogP contribution in [0.15, 0.2) is 65.7 Å². The summed E-state index contributed by atoms with van der Waals surface area (Å²) in [5.41, 5.74) is 4.23. The van der Waals surface area contributed by atoms with Crippen molar-refractivity contribution in [3.8, 4) is 11.1 Å². The number of fused-ring (bicyclic) bond motifs is 1. The van der Waals surface area contributed by atoms with E-state index in [-0.39, 0.29) is 17.4 Å². The molecular formula is C32H39N5O5S. The molecule has 11 heteroatoms. The average Bonchev–Trinajstić information content (AvgIpc) is 3.32. The van der Waals surface area contributed by atoms with Crippen LogP contribution in [0.1, 0.15) is 70.7 Å². The van der Waals surface area contributed by atoms with Crippen molar-refractivity contribution in [2.24, 2.45) is 0 Å². The number of unbranched alkanes of at least 4 members (excludes halogenated alkanes) is 2. The summed E-state index contributed by atoms with van der Waals surface area (Å²) in [6.45, 7) is 6.72. The second kappa shape index (κ2) is 14.8. The van der Waals surface area contributed by atoms with Crippen LogP contribution in [0.25, 0.3) is 22.3 Å². The van der Waals surface area contributed by atoms with Crippen LogP contribution in [0.3, 0.4) is 0 Å². The maximum Gasteiger partial charge on any atom is 0.421 e. The van der Waals surface area contributed by atoms with Crippen molar-refractivity contribution in [3.63, 3.8) is 0 Å². The topological polar surface area (TPSA) is 132 Å². The highest BCUT2D eigenvalue weighted by molar-refractivity contribution is 7.90. The quantitative estimate of drug-likeness (QED) is 0.158. The van der Waals surface area contributed by atoms with E-state index in [0.717, 1.165) is 54.7 Å². The van der Waals surface area contributed by atoms with Crippen LogP contribution in [0.5, 0.6) is 0 Å². The van der Waals surface area contributed by atoms with E-state index in [1.165, 1.54) is 6.07 Å². The molecular weight excluding hydrogens is 566 g/mol. The molecule has 0 aliphatic rings. The van der Waals surface area contributed by atoms with Crippen molar-refractivity contribution in [2.45, 2.75) is 77.2 Å². The molecule has 2 heterocycles. The summed E-state index contributed by atoms with van der Waals surface area (Å²) in [4.78, 5) is 33.7. The Labute approximate surface area is 252 Å². The molecule has 0 spiro atoms. The maximum atomic E-state index is 13.1. The Morgan fingerprint density at radius 3 is 2.42 bits per heavy atom. The van der Waals surface area contributed by atoms with E-state index in [2.05, 4.69) is 21.8 Å². The Kier molecular flexibility index (Phi) is 10.9. The summed E-state index contributed by atoms with van der Waals surface area (Å²) >= 11 is 0. The molecule has 0 aliphatic heterocycles. The highest BCUT2D eigenvalue weighted by Crippen LogP contribution is 2.28. The van der Waals surface area contributed by atoms with Crippen molar-refractivity contribution in [1.82, 2.24) is 19.3 Å². The molecule has 0 atom stereocenters. The summed E-state index contributed by atoms with van der Waals surface area (Å²) in [6, 6.07) is 16.0. The summed E-state index contributed by atoms with van der Waals surface area (Å²) in [5.74, 6) is 0.866. The van der Waals surface area contributed by atoms with E-state index in [1.807, 2.05) is 48.9 Å². The van der Waals surface area contributed by atoms with E-state index in [4.69, 9.17) is 9.72 Å². The third kappa shape index (κ3) is 8.19. The predicted molar refractivity (Wildman–Crippen MR) is 167 cm³/mol. The number of benzene rings is 2. The minimum atomic E-state index is -4.15. The number of amides is 2. The number of hydrogen-bond acceptors (Lipinski definition) is 7. The molecule has 0 unspecified atom stereocenters. The van der Waals surface area contributed by atoms with Crippen LogP contribution in [-0.4, -0.2) is 41.6 Å². The van der Waals surface area contributed by atoms with Gasteiger partial charge in [0.25, 0.3) is 10.0 Å². The second-order valence-electron chi connectivity index (χ2n) is 10.4. The number of rotatable bonds is 14. The molecule has 2 aromatic heterocycles. The fraction of sp³-hybridized carbons (Fsp3) is 0.375. The number of carbonyl (C=O) groups excluding carboxylic acids is 2. The van der Waals surface area contributed by atoms with Crippen molar-refractivity contribution < 1.29 is 22.7 Å². The van der Waals surface area contributed by atoms with E-state index in [0.29, 0.717) is 36.2 Å². The molecule has 0 bridgehead atoms. The normalized spacial score (nSPS) is 11.4. The van der Waals surface area contributed by atoms with Gasteiger partial charge in [0.1, 0.15) is 11.3 Å². The number of anilines is 1. The first-order valence-corrected chi connectivity index (χ1v) is 16.3. The van der Waals surface area contributed by atoms with Crippen LogP contribution >= 0.6 is 0 Å². The third-order valence-corrected chi connectivity index (χ3v) is 8.28. The summed E-state index contributed by atoms with van der Waals surface area (Å²) in [7, 11) is -4.15.